The predicted molar refractivity (Wildman–Crippen MR) is 88.4 cm³/mol. The van der Waals surface area contributed by atoms with Crippen LogP contribution in [0.5, 0.6) is 0 Å². The molecule has 0 saturated heterocycles. The third-order valence-electron chi connectivity index (χ3n) is 3.74. The van der Waals surface area contributed by atoms with Crippen LogP contribution in [0.2, 0.25) is 0 Å². The number of nitrogens with one attached hydrogen (secondary N) is 2. The predicted octanol–water partition coefficient (Wildman–Crippen LogP) is 3.34. The van der Waals surface area contributed by atoms with Gasteiger partial charge in [-0.3, -0.25) is 0 Å². The van der Waals surface area contributed by atoms with Crippen molar-refractivity contribution in [1.82, 2.24) is 5.32 Å². The van der Waals surface area contributed by atoms with Crippen LogP contribution in [0.4, 0.5) is 10.5 Å². The molecule has 4 heteroatoms. The van der Waals surface area contributed by atoms with Crippen molar-refractivity contribution in [2.45, 2.75) is 19.8 Å². The van der Waals surface area contributed by atoms with Crippen LogP contribution in [-0.4, -0.2) is 19.1 Å². The van der Waals surface area contributed by atoms with Gasteiger partial charge in [0.25, 0.3) is 0 Å². The van der Waals surface area contributed by atoms with E-state index in [1.807, 2.05) is 42.5 Å². The van der Waals surface area contributed by atoms with Gasteiger partial charge in [-0.15, -0.1) is 0 Å². The van der Waals surface area contributed by atoms with E-state index in [0.717, 1.165) is 29.3 Å². The SMILES string of the molecule is CCC(CCN)CNC(=O)Nc1cccc2ccccc12. The van der Waals surface area contributed by atoms with Gasteiger partial charge in [0.15, 0.2) is 0 Å². The number of rotatable bonds is 6. The molecule has 0 aromatic heterocycles. The molecule has 0 fully saturated rings. The summed E-state index contributed by atoms with van der Waals surface area (Å²) in [5.41, 5.74) is 6.40. The Kier molecular flexibility index (Phi) is 5.58. The van der Waals surface area contributed by atoms with E-state index in [-0.39, 0.29) is 6.03 Å². The fourth-order valence-corrected chi connectivity index (χ4v) is 2.42. The molecule has 2 amide bonds. The van der Waals surface area contributed by atoms with Gasteiger partial charge in [0.1, 0.15) is 0 Å². The minimum absolute atomic E-state index is 0.165. The zero-order valence-corrected chi connectivity index (χ0v) is 12.4. The molecule has 0 heterocycles. The lowest BCUT2D eigenvalue weighted by atomic mass is 10.0. The number of fused-ring (bicyclic) bond motifs is 1. The summed E-state index contributed by atoms with van der Waals surface area (Å²) in [5, 5.41) is 8.01. The summed E-state index contributed by atoms with van der Waals surface area (Å²) in [6, 6.07) is 13.7. The Labute approximate surface area is 125 Å². The van der Waals surface area contributed by atoms with Crippen molar-refractivity contribution in [3.05, 3.63) is 42.5 Å². The largest absolute Gasteiger partial charge is 0.338 e. The van der Waals surface area contributed by atoms with Crippen molar-refractivity contribution in [3.63, 3.8) is 0 Å². The summed E-state index contributed by atoms with van der Waals surface area (Å²) in [4.78, 5) is 12.0. The molecule has 0 saturated carbocycles. The molecule has 0 bridgehead atoms. The molecule has 1 atom stereocenters. The van der Waals surface area contributed by atoms with Gasteiger partial charge in [0.05, 0.1) is 5.69 Å². The third kappa shape index (κ3) is 4.20. The molecule has 4 N–H and O–H groups in total. The first kappa shape index (κ1) is 15.3. The van der Waals surface area contributed by atoms with Crippen molar-refractivity contribution in [2.24, 2.45) is 11.7 Å². The maximum atomic E-state index is 12.0. The van der Waals surface area contributed by atoms with Gasteiger partial charge in [0, 0.05) is 11.9 Å². The molecule has 1 unspecified atom stereocenters. The first-order chi connectivity index (χ1) is 10.2. The summed E-state index contributed by atoms with van der Waals surface area (Å²) in [6.07, 6.45) is 1.96. The highest BCUT2D eigenvalue weighted by molar-refractivity contribution is 6.01. The normalized spacial score (nSPS) is 12.1. The highest BCUT2D eigenvalue weighted by Gasteiger charge is 2.09. The maximum Gasteiger partial charge on any atom is 0.319 e. The summed E-state index contributed by atoms with van der Waals surface area (Å²) < 4.78 is 0. The van der Waals surface area contributed by atoms with Crippen LogP contribution in [0.1, 0.15) is 19.8 Å². The molecule has 0 aliphatic heterocycles. The number of nitrogens with two attached hydrogens (primary N) is 1. The van der Waals surface area contributed by atoms with Crippen molar-refractivity contribution < 1.29 is 4.79 Å². The standard InChI is InChI=1S/C17H23N3O/c1-2-13(10-11-18)12-19-17(21)20-16-9-5-7-14-6-3-4-8-15(14)16/h3-9,13H,2,10-12,18H2,1H3,(H2,19,20,21). The Hall–Kier alpha value is -2.07. The number of anilines is 1. The Morgan fingerprint density at radius 3 is 2.71 bits per heavy atom. The fraction of sp³-hybridized carbons (Fsp3) is 0.353. The first-order valence-corrected chi connectivity index (χ1v) is 7.47. The maximum absolute atomic E-state index is 12.0. The van der Waals surface area contributed by atoms with E-state index in [4.69, 9.17) is 5.73 Å². The number of hydrogen-bond donors (Lipinski definition) is 3. The minimum atomic E-state index is -0.165. The lowest BCUT2D eigenvalue weighted by Gasteiger charge is -2.15. The molecule has 112 valence electrons. The zero-order valence-electron chi connectivity index (χ0n) is 12.4. The Morgan fingerprint density at radius 2 is 1.95 bits per heavy atom. The molecule has 2 aromatic rings. The van der Waals surface area contributed by atoms with E-state index in [0.29, 0.717) is 19.0 Å². The molecule has 21 heavy (non-hydrogen) atoms. The molecule has 0 aliphatic rings. The van der Waals surface area contributed by atoms with Gasteiger partial charge in [0.2, 0.25) is 0 Å². The van der Waals surface area contributed by atoms with Gasteiger partial charge >= 0.3 is 6.03 Å². The molecule has 2 rings (SSSR count). The van der Waals surface area contributed by atoms with Crippen LogP contribution in [0.25, 0.3) is 10.8 Å². The van der Waals surface area contributed by atoms with Crippen molar-refractivity contribution >= 4 is 22.5 Å². The van der Waals surface area contributed by atoms with E-state index in [1.165, 1.54) is 0 Å². The molecular formula is C17H23N3O. The van der Waals surface area contributed by atoms with Crippen LogP contribution >= 0.6 is 0 Å². The quantitative estimate of drug-likeness (QED) is 0.762. The number of hydrogen-bond acceptors (Lipinski definition) is 2. The highest BCUT2D eigenvalue weighted by Crippen LogP contribution is 2.22. The topological polar surface area (TPSA) is 67.1 Å². The summed E-state index contributed by atoms with van der Waals surface area (Å²) in [7, 11) is 0. The second-order valence-electron chi connectivity index (χ2n) is 5.21. The lowest BCUT2D eigenvalue weighted by molar-refractivity contribution is 0.249. The molecular weight excluding hydrogens is 262 g/mol. The number of amides is 2. The Balaban J connectivity index is 1.98. The monoisotopic (exact) mass is 285 g/mol. The van der Waals surface area contributed by atoms with E-state index in [1.54, 1.807) is 0 Å². The summed E-state index contributed by atoms with van der Waals surface area (Å²) in [5.74, 6) is 0.438. The van der Waals surface area contributed by atoms with E-state index < -0.39 is 0 Å². The summed E-state index contributed by atoms with van der Waals surface area (Å²) >= 11 is 0. The molecule has 0 radical (unpaired) electrons. The third-order valence-corrected chi connectivity index (χ3v) is 3.74. The number of urea groups is 1. The molecule has 0 spiro atoms. The van der Waals surface area contributed by atoms with Crippen LogP contribution in [0.15, 0.2) is 42.5 Å². The first-order valence-electron chi connectivity index (χ1n) is 7.47. The average molecular weight is 285 g/mol. The van der Waals surface area contributed by atoms with E-state index >= 15 is 0 Å². The van der Waals surface area contributed by atoms with Crippen LogP contribution < -0.4 is 16.4 Å². The smallest absolute Gasteiger partial charge is 0.319 e. The van der Waals surface area contributed by atoms with E-state index in [2.05, 4.69) is 17.6 Å². The summed E-state index contributed by atoms with van der Waals surface area (Å²) in [6.45, 7) is 3.43. The second-order valence-corrected chi connectivity index (χ2v) is 5.21. The number of carbonyl (C=O) groups excluding carboxylic acids is 1. The van der Waals surface area contributed by atoms with Crippen LogP contribution in [-0.2, 0) is 0 Å². The molecule has 2 aromatic carbocycles. The minimum Gasteiger partial charge on any atom is -0.338 e. The van der Waals surface area contributed by atoms with E-state index in [9.17, 15) is 4.79 Å². The second kappa shape index (κ2) is 7.64. The van der Waals surface area contributed by atoms with Crippen molar-refractivity contribution in [1.29, 1.82) is 0 Å². The Bertz CT molecular complexity index is 592. The van der Waals surface area contributed by atoms with Crippen molar-refractivity contribution in [2.75, 3.05) is 18.4 Å². The number of benzene rings is 2. The van der Waals surface area contributed by atoms with Gasteiger partial charge in [-0.25, -0.2) is 4.79 Å². The van der Waals surface area contributed by atoms with Crippen LogP contribution in [0.3, 0.4) is 0 Å². The van der Waals surface area contributed by atoms with Crippen molar-refractivity contribution in [3.8, 4) is 0 Å². The number of carbonyl (C=O) groups is 1. The van der Waals surface area contributed by atoms with Gasteiger partial charge in [-0.2, -0.15) is 0 Å². The fourth-order valence-electron chi connectivity index (χ4n) is 2.42. The van der Waals surface area contributed by atoms with Gasteiger partial charge in [-0.1, -0.05) is 49.7 Å². The Morgan fingerprint density at radius 1 is 1.19 bits per heavy atom. The van der Waals surface area contributed by atoms with Gasteiger partial charge in [-0.05, 0) is 30.3 Å². The average Bonchev–Trinajstić information content (AvgIpc) is 2.52. The van der Waals surface area contributed by atoms with Gasteiger partial charge < -0.3 is 16.4 Å². The molecule has 0 aliphatic carbocycles. The zero-order chi connectivity index (χ0) is 15.1. The lowest BCUT2D eigenvalue weighted by Crippen LogP contribution is -2.33. The highest BCUT2D eigenvalue weighted by atomic mass is 16.2. The van der Waals surface area contributed by atoms with Crippen LogP contribution in [0, 0.1) is 5.92 Å². The molecule has 4 nitrogen and oxygen atoms in total.